The van der Waals surface area contributed by atoms with Gasteiger partial charge in [-0.25, -0.2) is 0 Å². The summed E-state index contributed by atoms with van der Waals surface area (Å²) in [6, 6.07) is 21.2. The van der Waals surface area contributed by atoms with E-state index in [2.05, 4.69) is 6.07 Å². The molecule has 0 saturated carbocycles. The smallest absolute Gasteiger partial charge is 0.253 e. The summed E-state index contributed by atoms with van der Waals surface area (Å²) >= 11 is 0. The minimum absolute atomic E-state index is 0.0493. The average molecular weight is 278 g/mol. The Morgan fingerprint density at radius 2 is 1.67 bits per heavy atom. The number of likely N-dealkylation sites (N-methyl/N-ethyl adjacent to an activating group) is 1. The van der Waals surface area contributed by atoms with Gasteiger partial charge in [-0.15, -0.1) is 0 Å². The van der Waals surface area contributed by atoms with Gasteiger partial charge in [-0.05, 0) is 24.1 Å². The van der Waals surface area contributed by atoms with E-state index in [1.807, 2.05) is 48.5 Å². The summed E-state index contributed by atoms with van der Waals surface area (Å²) in [5.74, 6) is -0.0493. The lowest BCUT2D eigenvalue weighted by Gasteiger charge is -2.26. The first-order valence-electron chi connectivity index (χ1n) is 6.95. The van der Waals surface area contributed by atoms with Crippen LogP contribution < -0.4 is 0 Å². The molecule has 0 bridgehead atoms. The van der Waals surface area contributed by atoms with Gasteiger partial charge in [0.05, 0.1) is 12.5 Å². The SMILES string of the molecule is CN(C(=O)c1ccccc1)[C@H](CC#N)Cc1ccccc1. The van der Waals surface area contributed by atoms with Crippen molar-refractivity contribution in [3.63, 3.8) is 0 Å². The Morgan fingerprint density at radius 3 is 2.24 bits per heavy atom. The van der Waals surface area contributed by atoms with E-state index in [-0.39, 0.29) is 11.9 Å². The molecule has 0 aliphatic heterocycles. The van der Waals surface area contributed by atoms with Crippen molar-refractivity contribution >= 4 is 5.91 Å². The summed E-state index contributed by atoms with van der Waals surface area (Å²) in [5, 5.41) is 9.03. The van der Waals surface area contributed by atoms with Crippen LogP contribution in [0.2, 0.25) is 0 Å². The molecule has 0 unspecified atom stereocenters. The quantitative estimate of drug-likeness (QED) is 0.842. The molecule has 0 fully saturated rings. The van der Waals surface area contributed by atoms with Crippen molar-refractivity contribution < 1.29 is 4.79 Å². The van der Waals surface area contributed by atoms with Crippen LogP contribution in [0, 0.1) is 11.3 Å². The van der Waals surface area contributed by atoms with Crippen LogP contribution in [0.5, 0.6) is 0 Å². The molecule has 0 N–H and O–H groups in total. The standard InChI is InChI=1S/C18H18N2O/c1-20(18(21)16-10-6-3-7-11-16)17(12-13-19)14-15-8-4-2-5-9-15/h2-11,17H,12,14H2,1H3/t17-/m1/s1. The lowest BCUT2D eigenvalue weighted by Crippen LogP contribution is -2.38. The summed E-state index contributed by atoms with van der Waals surface area (Å²) < 4.78 is 0. The molecule has 0 saturated heterocycles. The third-order valence-corrected chi connectivity index (χ3v) is 3.53. The van der Waals surface area contributed by atoms with Gasteiger partial charge < -0.3 is 4.90 Å². The number of nitriles is 1. The van der Waals surface area contributed by atoms with Crippen LogP contribution in [0.1, 0.15) is 22.3 Å². The summed E-state index contributed by atoms with van der Waals surface area (Å²) in [6.45, 7) is 0. The van der Waals surface area contributed by atoms with Crippen LogP contribution in [-0.4, -0.2) is 23.9 Å². The van der Waals surface area contributed by atoms with E-state index in [1.54, 1.807) is 24.1 Å². The van der Waals surface area contributed by atoms with Gasteiger partial charge in [0.1, 0.15) is 0 Å². The first kappa shape index (κ1) is 14.8. The highest BCUT2D eigenvalue weighted by Crippen LogP contribution is 2.14. The van der Waals surface area contributed by atoms with Crippen LogP contribution >= 0.6 is 0 Å². The van der Waals surface area contributed by atoms with Crippen LogP contribution in [-0.2, 0) is 6.42 Å². The van der Waals surface area contributed by atoms with E-state index >= 15 is 0 Å². The molecule has 1 amide bonds. The number of carbonyl (C=O) groups is 1. The molecular formula is C18H18N2O. The minimum atomic E-state index is -0.120. The summed E-state index contributed by atoms with van der Waals surface area (Å²) in [7, 11) is 1.76. The summed E-state index contributed by atoms with van der Waals surface area (Å²) in [4.78, 5) is 14.1. The Bertz CT molecular complexity index is 617. The third kappa shape index (κ3) is 3.93. The Hall–Kier alpha value is -2.60. The minimum Gasteiger partial charge on any atom is -0.337 e. The van der Waals surface area contributed by atoms with E-state index in [0.29, 0.717) is 18.4 Å². The molecule has 3 nitrogen and oxygen atoms in total. The second kappa shape index (κ2) is 7.25. The predicted molar refractivity (Wildman–Crippen MR) is 82.7 cm³/mol. The van der Waals surface area contributed by atoms with Crippen molar-refractivity contribution in [1.29, 1.82) is 5.26 Å². The zero-order valence-corrected chi connectivity index (χ0v) is 12.1. The zero-order chi connectivity index (χ0) is 15.1. The van der Waals surface area contributed by atoms with Gasteiger partial charge in [0, 0.05) is 18.7 Å². The van der Waals surface area contributed by atoms with Gasteiger partial charge in [0.2, 0.25) is 0 Å². The fourth-order valence-corrected chi connectivity index (χ4v) is 2.29. The molecule has 0 aliphatic carbocycles. The molecule has 0 aliphatic rings. The lowest BCUT2D eigenvalue weighted by atomic mass is 10.0. The van der Waals surface area contributed by atoms with Gasteiger partial charge in [0.15, 0.2) is 0 Å². The number of benzene rings is 2. The van der Waals surface area contributed by atoms with Crippen molar-refractivity contribution in [3.8, 4) is 6.07 Å². The molecule has 2 aromatic carbocycles. The van der Waals surface area contributed by atoms with E-state index < -0.39 is 0 Å². The molecule has 0 spiro atoms. The second-order valence-electron chi connectivity index (χ2n) is 4.99. The monoisotopic (exact) mass is 278 g/mol. The Balaban J connectivity index is 2.14. The average Bonchev–Trinajstić information content (AvgIpc) is 2.55. The number of rotatable bonds is 5. The van der Waals surface area contributed by atoms with E-state index in [4.69, 9.17) is 5.26 Å². The summed E-state index contributed by atoms with van der Waals surface area (Å²) in [5.41, 5.74) is 1.78. The highest BCUT2D eigenvalue weighted by Gasteiger charge is 2.21. The van der Waals surface area contributed by atoms with Gasteiger partial charge in [-0.3, -0.25) is 4.79 Å². The molecule has 0 radical (unpaired) electrons. The Kier molecular flexibility index (Phi) is 5.11. The molecular weight excluding hydrogens is 260 g/mol. The third-order valence-electron chi connectivity index (χ3n) is 3.53. The van der Waals surface area contributed by atoms with Crippen LogP contribution in [0.15, 0.2) is 60.7 Å². The van der Waals surface area contributed by atoms with E-state index in [9.17, 15) is 4.79 Å². The zero-order valence-electron chi connectivity index (χ0n) is 12.1. The number of amides is 1. The molecule has 106 valence electrons. The van der Waals surface area contributed by atoms with Gasteiger partial charge >= 0.3 is 0 Å². The summed E-state index contributed by atoms with van der Waals surface area (Å²) in [6.07, 6.45) is 1.01. The highest BCUT2D eigenvalue weighted by molar-refractivity contribution is 5.94. The first-order valence-corrected chi connectivity index (χ1v) is 6.95. The fourth-order valence-electron chi connectivity index (χ4n) is 2.29. The fraction of sp³-hybridized carbons (Fsp3) is 0.222. The molecule has 3 heteroatoms. The Morgan fingerprint density at radius 1 is 1.10 bits per heavy atom. The largest absolute Gasteiger partial charge is 0.337 e. The number of hydrogen-bond acceptors (Lipinski definition) is 2. The van der Waals surface area contributed by atoms with Crippen LogP contribution in [0.25, 0.3) is 0 Å². The maximum Gasteiger partial charge on any atom is 0.253 e. The van der Waals surface area contributed by atoms with Crippen molar-refractivity contribution in [3.05, 3.63) is 71.8 Å². The van der Waals surface area contributed by atoms with Gasteiger partial charge in [-0.2, -0.15) is 5.26 Å². The Labute approximate surface area is 125 Å². The van der Waals surface area contributed by atoms with Crippen molar-refractivity contribution in [2.75, 3.05) is 7.05 Å². The van der Waals surface area contributed by atoms with Gasteiger partial charge in [-0.1, -0.05) is 48.5 Å². The highest BCUT2D eigenvalue weighted by atomic mass is 16.2. The predicted octanol–water partition coefficient (Wildman–Crippen LogP) is 3.28. The lowest BCUT2D eigenvalue weighted by molar-refractivity contribution is 0.0733. The molecule has 1 atom stereocenters. The van der Waals surface area contributed by atoms with Crippen LogP contribution in [0.4, 0.5) is 0 Å². The van der Waals surface area contributed by atoms with Gasteiger partial charge in [0.25, 0.3) is 5.91 Å². The number of carbonyl (C=O) groups excluding carboxylic acids is 1. The second-order valence-corrected chi connectivity index (χ2v) is 4.99. The number of nitrogens with zero attached hydrogens (tertiary/aromatic N) is 2. The van der Waals surface area contributed by atoms with Crippen molar-refractivity contribution in [1.82, 2.24) is 4.90 Å². The molecule has 0 aromatic heterocycles. The molecule has 21 heavy (non-hydrogen) atoms. The number of hydrogen-bond donors (Lipinski definition) is 0. The molecule has 2 rings (SSSR count). The van der Waals surface area contributed by atoms with Crippen LogP contribution in [0.3, 0.4) is 0 Å². The van der Waals surface area contributed by atoms with Crippen molar-refractivity contribution in [2.24, 2.45) is 0 Å². The first-order chi connectivity index (χ1) is 10.2. The topological polar surface area (TPSA) is 44.1 Å². The maximum atomic E-state index is 12.5. The molecule has 0 heterocycles. The normalized spacial score (nSPS) is 11.4. The van der Waals surface area contributed by atoms with E-state index in [1.165, 1.54) is 0 Å². The van der Waals surface area contributed by atoms with E-state index in [0.717, 1.165) is 5.56 Å². The maximum absolute atomic E-state index is 12.5. The van der Waals surface area contributed by atoms with Crippen molar-refractivity contribution in [2.45, 2.75) is 18.9 Å². The molecule has 2 aromatic rings.